The van der Waals surface area contributed by atoms with E-state index in [0.29, 0.717) is 18.2 Å². The van der Waals surface area contributed by atoms with Gasteiger partial charge in [0.05, 0.1) is 6.04 Å². The van der Waals surface area contributed by atoms with Gasteiger partial charge in [-0.05, 0) is 25.5 Å². The number of pyridine rings is 1. The molecule has 7 nitrogen and oxygen atoms in total. The van der Waals surface area contributed by atoms with Crippen LogP contribution in [-0.2, 0) is 0 Å². The first-order valence-corrected chi connectivity index (χ1v) is 6.57. The van der Waals surface area contributed by atoms with Crippen LogP contribution in [0.4, 0.5) is 4.79 Å². The van der Waals surface area contributed by atoms with Gasteiger partial charge in [0, 0.05) is 24.5 Å². The molecule has 1 atom stereocenters. The van der Waals surface area contributed by atoms with Crippen LogP contribution in [-0.4, -0.2) is 32.7 Å². The Hall–Kier alpha value is -2.44. The van der Waals surface area contributed by atoms with Gasteiger partial charge >= 0.3 is 6.03 Å². The Morgan fingerprint density at radius 3 is 3.05 bits per heavy atom. The normalized spacial score (nSPS) is 11.9. The molecule has 0 aliphatic rings. The lowest BCUT2D eigenvalue weighted by molar-refractivity contribution is 0.237. The zero-order chi connectivity index (χ0) is 14.4. The maximum Gasteiger partial charge on any atom is 0.315 e. The molecule has 0 aromatic carbocycles. The van der Waals surface area contributed by atoms with E-state index in [4.69, 9.17) is 0 Å². The molecule has 7 heteroatoms. The number of aromatic amines is 1. The van der Waals surface area contributed by atoms with E-state index >= 15 is 0 Å². The van der Waals surface area contributed by atoms with Crippen LogP contribution in [0.3, 0.4) is 0 Å². The number of urea groups is 1. The Bertz CT molecular complexity index is 553. The fraction of sp³-hybridized carbons (Fsp3) is 0.385. The van der Waals surface area contributed by atoms with E-state index in [1.807, 2.05) is 26.0 Å². The molecule has 0 aliphatic carbocycles. The summed E-state index contributed by atoms with van der Waals surface area (Å²) in [5.41, 5.74) is 0.831. The van der Waals surface area contributed by atoms with Gasteiger partial charge in [0.2, 0.25) is 0 Å². The fourth-order valence-electron chi connectivity index (χ4n) is 1.65. The third-order valence-electron chi connectivity index (χ3n) is 2.72. The molecule has 0 aliphatic heterocycles. The Labute approximate surface area is 117 Å². The lowest BCUT2D eigenvalue weighted by Gasteiger charge is -2.11. The molecule has 2 aromatic rings. The minimum absolute atomic E-state index is 0.210. The summed E-state index contributed by atoms with van der Waals surface area (Å²) in [6.45, 7) is 4.50. The molecule has 0 bridgehead atoms. The van der Waals surface area contributed by atoms with Gasteiger partial charge in [-0.2, -0.15) is 5.10 Å². The third-order valence-corrected chi connectivity index (χ3v) is 2.72. The average molecular weight is 274 g/mol. The number of amides is 2. The van der Waals surface area contributed by atoms with Crippen LogP contribution in [0, 0.1) is 0 Å². The summed E-state index contributed by atoms with van der Waals surface area (Å²) in [5, 5.41) is 12.5. The zero-order valence-corrected chi connectivity index (χ0v) is 11.6. The van der Waals surface area contributed by atoms with Crippen LogP contribution in [0.25, 0.3) is 11.4 Å². The molecule has 2 rings (SSSR count). The van der Waals surface area contributed by atoms with Crippen molar-refractivity contribution in [3.8, 4) is 11.4 Å². The van der Waals surface area contributed by atoms with Crippen LogP contribution >= 0.6 is 0 Å². The molecule has 2 heterocycles. The SMILES string of the molecule is CCCNC(=O)NC(C)c1nc(-c2cccnc2)n[nH]1. The Morgan fingerprint density at radius 2 is 2.35 bits per heavy atom. The highest BCUT2D eigenvalue weighted by atomic mass is 16.2. The highest BCUT2D eigenvalue weighted by molar-refractivity contribution is 5.74. The lowest BCUT2D eigenvalue weighted by atomic mass is 10.3. The number of carbonyl (C=O) groups is 1. The topological polar surface area (TPSA) is 95.6 Å². The van der Waals surface area contributed by atoms with Gasteiger partial charge in [-0.25, -0.2) is 9.78 Å². The third kappa shape index (κ3) is 3.53. The molecule has 0 fully saturated rings. The van der Waals surface area contributed by atoms with Crippen molar-refractivity contribution in [2.24, 2.45) is 0 Å². The smallest absolute Gasteiger partial charge is 0.315 e. The maximum atomic E-state index is 11.6. The van der Waals surface area contributed by atoms with Crippen molar-refractivity contribution >= 4 is 6.03 Å². The van der Waals surface area contributed by atoms with Crippen molar-refractivity contribution in [3.05, 3.63) is 30.4 Å². The molecule has 3 N–H and O–H groups in total. The standard InChI is InChI=1S/C13H18N6O/c1-3-6-15-13(20)16-9(2)11-17-12(19-18-11)10-5-4-7-14-8-10/h4-5,7-9H,3,6H2,1-2H3,(H2,15,16,20)(H,17,18,19). The quantitative estimate of drug-likeness (QED) is 0.772. The van der Waals surface area contributed by atoms with Gasteiger partial charge in [0.15, 0.2) is 5.82 Å². The van der Waals surface area contributed by atoms with Crippen LogP contribution in [0.15, 0.2) is 24.5 Å². The van der Waals surface area contributed by atoms with Gasteiger partial charge in [0.25, 0.3) is 0 Å². The van der Waals surface area contributed by atoms with Crippen molar-refractivity contribution in [3.63, 3.8) is 0 Å². The fourth-order valence-corrected chi connectivity index (χ4v) is 1.65. The second-order valence-corrected chi connectivity index (χ2v) is 4.41. The molecule has 2 amide bonds. The molecule has 1 unspecified atom stereocenters. The minimum atomic E-state index is -0.246. The number of nitrogens with one attached hydrogen (secondary N) is 3. The van der Waals surface area contributed by atoms with Crippen LogP contribution in [0.5, 0.6) is 0 Å². The average Bonchev–Trinajstić information content (AvgIpc) is 2.96. The second-order valence-electron chi connectivity index (χ2n) is 4.41. The largest absolute Gasteiger partial charge is 0.338 e. The second kappa shape index (κ2) is 6.65. The van der Waals surface area contributed by atoms with Crippen LogP contribution in [0.2, 0.25) is 0 Å². The zero-order valence-electron chi connectivity index (χ0n) is 11.6. The molecule has 0 saturated heterocycles. The predicted molar refractivity (Wildman–Crippen MR) is 74.9 cm³/mol. The van der Waals surface area contributed by atoms with E-state index in [-0.39, 0.29) is 12.1 Å². The number of rotatable bonds is 5. The highest BCUT2D eigenvalue weighted by Gasteiger charge is 2.14. The molecule has 0 saturated carbocycles. The molecule has 20 heavy (non-hydrogen) atoms. The van der Waals surface area contributed by atoms with Gasteiger partial charge < -0.3 is 10.6 Å². The van der Waals surface area contributed by atoms with Gasteiger partial charge in [0.1, 0.15) is 5.82 Å². The van der Waals surface area contributed by atoms with Crippen molar-refractivity contribution in [1.82, 2.24) is 30.8 Å². The Balaban J connectivity index is 2.00. The molecule has 0 spiro atoms. The van der Waals surface area contributed by atoms with E-state index in [0.717, 1.165) is 12.0 Å². The van der Waals surface area contributed by atoms with E-state index in [1.54, 1.807) is 12.4 Å². The molecule has 0 radical (unpaired) electrons. The Kier molecular flexibility index (Phi) is 4.65. The van der Waals surface area contributed by atoms with E-state index in [2.05, 4.69) is 30.8 Å². The van der Waals surface area contributed by atoms with Gasteiger partial charge in [-0.15, -0.1) is 0 Å². The summed E-state index contributed by atoms with van der Waals surface area (Å²) >= 11 is 0. The van der Waals surface area contributed by atoms with E-state index < -0.39 is 0 Å². The predicted octanol–water partition coefficient (Wildman–Crippen LogP) is 1.64. The molecule has 2 aromatic heterocycles. The van der Waals surface area contributed by atoms with Crippen molar-refractivity contribution in [1.29, 1.82) is 0 Å². The highest BCUT2D eigenvalue weighted by Crippen LogP contribution is 2.15. The Morgan fingerprint density at radius 1 is 1.50 bits per heavy atom. The monoisotopic (exact) mass is 274 g/mol. The molecular weight excluding hydrogens is 256 g/mol. The van der Waals surface area contributed by atoms with Crippen molar-refractivity contribution in [2.45, 2.75) is 26.3 Å². The number of hydrogen-bond acceptors (Lipinski definition) is 4. The van der Waals surface area contributed by atoms with E-state index in [9.17, 15) is 4.79 Å². The summed E-state index contributed by atoms with van der Waals surface area (Å²) in [5.74, 6) is 1.17. The number of hydrogen-bond donors (Lipinski definition) is 3. The summed E-state index contributed by atoms with van der Waals surface area (Å²) in [7, 11) is 0. The number of aromatic nitrogens is 4. The maximum absolute atomic E-state index is 11.6. The minimum Gasteiger partial charge on any atom is -0.338 e. The van der Waals surface area contributed by atoms with Crippen LogP contribution < -0.4 is 10.6 Å². The van der Waals surface area contributed by atoms with E-state index in [1.165, 1.54) is 0 Å². The summed E-state index contributed by atoms with van der Waals surface area (Å²) in [4.78, 5) is 20.0. The summed E-state index contributed by atoms with van der Waals surface area (Å²) in [6.07, 6.45) is 4.29. The van der Waals surface area contributed by atoms with Crippen LogP contribution in [0.1, 0.15) is 32.1 Å². The number of carbonyl (C=O) groups excluding carboxylic acids is 1. The first kappa shape index (κ1) is 14.0. The molecular formula is C13H18N6O. The van der Waals surface area contributed by atoms with Gasteiger partial charge in [-0.1, -0.05) is 6.92 Å². The number of nitrogens with zero attached hydrogens (tertiary/aromatic N) is 3. The first-order valence-electron chi connectivity index (χ1n) is 6.57. The van der Waals surface area contributed by atoms with Gasteiger partial charge in [-0.3, -0.25) is 10.1 Å². The lowest BCUT2D eigenvalue weighted by Crippen LogP contribution is -2.37. The van der Waals surface area contributed by atoms with Crippen molar-refractivity contribution < 1.29 is 4.79 Å². The molecule has 106 valence electrons. The summed E-state index contributed by atoms with van der Waals surface area (Å²) in [6, 6.07) is 3.25. The first-order chi connectivity index (χ1) is 9.70. The van der Waals surface area contributed by atoms with Crippen molar-refractivity contribution in [2.75, 3.05) is 6.54 Å². The number of H-pyrrole nitrogens is 1. The summed E-state index contributed by atoms with van der Waals surface area (Å²) < 4.78 is 0.